The van der Waals surface area contributed by atoms with E-state index in [-0.39, 0.29) is 0 Å². The van der Waals surface area contributed by atoms with Crippen molar-refractivity contribution in [3.05, 3.63) is 30.1 Å². The highest BCUT2D eigenvalue weighted by Gasteiger charge is 2.15. The van der Waals surface area contributed by atoms with Crippen LogP contribution in [0.2, 0.25) is 0 Å². The van der Waals surface area contributed by atoms with E-state index in [1.165, 1.54) is 31.5 Å². The second kappa shape index (κ2) is 3.68. The molecule has 1 N–H and O–H groups in total. The van der Waals surface area contributed by atoms with Crippen LogP contribution in [0.1, 0.15) is 12.0 Å². The van der Waals surface area contributed by atoms with Crippen LogP contribution in [0.5, 0.6) is 0 Å². The number of aryl methyl sites for hydroxylation is 1. The van der Waals surface area contributed by atoms with Crippen LogP contribution in [-0.4, -0.2) is 18.1 Å². The molecule has 1 aromatic rings. The zero-order valence-corrected chi connectivity index (χ0v) is 7.16. The standard InChI is InChI=1S/C10H14N2/c1-2-9(6-11-5-1)3-4-10-7-12-8-10/h1-2,5-6,10,12H,3-4,7-8H2. The number of nitrogens with zero attached hydrogens (tertiary/aromatic N) is 1. The topological polar surface area (TPSA) is 24.9 Å². The highest BCUT2D eigenvalue weighted by molar-refractivity contribution is 5.08. The third-order valence-electron chi connectivity index (χ3n) is 2.43. The van der Waals surface area contributed by atoms with Gasteiger partial charge in [0.15, 0.2) is 0 Å². The maximum absolute atomic E-state index is 4.09. The fourth-order valence-electron chi connectivity index (χ4n) is 1.47. The lowest BCUT2D eigenvalue weighted by Gasteiger charge is -2.26. The molecule has 2 nitrogen and oxygen atoms in total. The number of nitrogens with one attached hydrogen (secondary N) is 1. The highest BCUT2D eigenvalue weighted by Crippen LogP contribution is 2.12. The van der Waals surface area contributed by atoms with Crippen LogP contribution in [0.3, 0.4) is 0 Å². The average Bonchev–Trinajstić information content (AvgIpc) is 2.04. The second-order valence-electron chi connectivity index (χ2n) is 3.42. The molecule has 0 aromatic carbocycles. The van der Waals surface area contributed by atoms with Gasteiger partial charge in [-0.15, -0.1) is 0 Å². The molecule has 2 heterocycles. The first-order chi connectivity index (χ1) is 5.95. The molecule has 1 aliphatic rings. The van der Waals surface area contributed by atoms with Crippen molar-refractivity contribution in [3.63, 3.8) is 0 Å². The average molecular weight is 162 g/mol. The molecule has 0 saturated carbocycles. The van der Waals surface area contributed by atoms with E-state index >= 15 is 0 Å². The van der Waals surface area contributed by atoms with Crippen LogP contribution in [-0.2, 0) is 6.42 Å². The Morgan fingerprint density at radius 3 is 3.00 bits per heavy atom. The molecule has 0 amide bonds. The van der Waals surface area contributed by atoms with E-state index < -0.39 is 0 Å². The summed E-state index contributed by atoms with van der Waals surface area (Å²) >= 11 is 0. The Hall–Kier alpha value is -0.890. The van der Waals surface area contributed by atoms with Gasteiger partial charge in [-0.1, -0.05) is 6.07 Å². The van der Waals surface area contributed by atoms with Crippen molar-refractivity contribution in [1.29, 1.82) is 0 Å². The van der Waals surface area contributed by atoms with Gasteiger partial charge in [-0.05, 0) is 43.5 Å². The molecule has 12 heavy (non-hydrogen) atoms. The SMILES string of the molecule is c1cncc(CCC2CNC2)c1. The molecule has 64 valence electrons. The summed E-state index contributed by atoms with van der Waals surface area (Å²) in [7, 11) is 0. The van der Waals surface area contributed by atoms with Crippen molar-refractivity contribution in [3.8, 4) is 0 Å². The fourth-order valence-corrected chi connectivity index (χ4v) is 1.47. The number of hydrogen-bond donors (Lipinski definition) is 1. The van der Waals surface area contributed by atoms with E-state index in [1.807, 2.05) is 18.5 Å². The molecule has 1 aromatic heterocycles. The zero-order chi connectivity index (χ0) is 8.23. The van der Waals surface area contributed by atoms with Gasteiger partial charge in [-0.3, -0.25) is 4.98 Å². The molecule has 2 rings (SSSR count). The van der Waals surface area contributed by atoms with Crippen LogP contribution < -0.4 is 5.32 Å². The largest absolute Gasteiger partial charge is 0.316 e. The summed E-state index contributed by atoms with van der Waals surface area (Å²) in [6.07, 6.45) is 6.28. The van der Waals surface area contributed by atoms with E-state index in [0.29, 0.717) is 0 Å². The lowest BCUT2D eigenvalue weighted by atomic mass is 9.95. The maximum Gasteiger partial charge on any atom is 0.0299 e. The summed E-state index contributed by atoms with van der Waals surface area (Å²) in [6, 6.07) is 4.16. The Balaban J connectivity index is 1.79. The molecule has 0 atom stereocenters. The summed E-state index contributed by atoms with van der Waals surface area (Å²) in [6.45, 7) is 2.42. The predicted molar refractivity (Wildman–Crippen MR) is 48.9 cm³/mol. The van der Waals surface area contributed by atoms with Gasteiger partial charge < -0.3 is 5.32 Å². The van der Waals surface area contributed by atoms with E-state index in [1.54, 1.807) is 0 Å². The minimum absolute atomic E-state index is 0.908. The van der Waals surface area contributed by atoms with Gasteiger partial charge in [-0.2, -0.15) is 0 Å². The number of pyridine rings is 1. The Kier molecular flexibility index (Phi) is 2.37. The molecular weight excluding hydrogens is 148 g/mol. The predicted octanol–water partition coefficient (Wildman–Crippen LogP) is 1.23. The molecular formula is C10H14N2. The first-order valence-electron chi connectivity index (χ1n) is 4.55. The van der Waals surface area contributed by atoms with Gasteiger partial charge in [0.25, 0.3) is 0 Å². The lowest BCUT2D eigenvalue weighted by Crippen LogP contribution is -2.42. The van der Waals surface area contributed by atoms with E-state index in [0.717, 1.165) is 5.92 Å². The molecule has 0 aliphatic carbocycles. The van der Waals surface area contributed by atoms with Gasteiger partial charge in [0.05, 0.1) is 0 Å². The summed E-state index contributed by atoms with van der Waals surface area (Å²) < 4.78 is 0. The van der Waals surface area contributed by atoms with Crippen molar-refractivity contribution in [2.45, 2.75) is 12.8 Å². The van der Waals surface area contributed by atoms with Gasteiger partial charge in [0.1, 0.15) is 0 Å². The van der Waals surface area contributed by atoms with Crippen molar-refractivity contribution in [2.24, 2.45) is 5.92 Å². The normalized spacial score (nSPS) is 17.3. The Morgan fingerprint density at radius 1 is 1.50 bits per heavy atom. The summed E-state index contributed by atoms with van der Waals surface area (Å²) in [5, 5.41) is 3.28. The lowest BCUT2D eigenvalue weighted by molar-refractivity contribution is 0.328. The third-order valence-corrected chi connectivity index (χ3v) is 2.43. The summed E-state index contributed by atoms with van der Waals surface area (Å²) in [5.74, 6) is 0.908. The van der Waals surface area contributed by atoms with E-state index in [2.05, 4.69) is 16.4 Å². The Bertz CT molecular complexity index is 229. The molecule has 2 heteroatoms. The Labute approximate surface area is 73.0 Å². The molecule has 0 spiro atoms. The minimum Gasteiger partial charge on any atom is -0.316 e. The quantitative estimate of drug-likeness (QED) is 0.723. The van der Waals surface area contributed by atoms with E-state index in [9.17, 15) is 0 Å². The van der Waals surface area contributed by atoms with Gasteiger partial charge in [-0.25, -0.2) is 0 Å². The first-order valence-corrected chi connectivity index (χ1v) is 4.55. The first kappa shape index (κ1) is 7.74. The molecule has 1 aliphatic heterocycles. The number of aromatic nitrogens is 1. The van der Waals surface area contributed by atoms with Crippen molar-refractivity contribution >= 4 is 0 Å². The van der Waals surface area contributed by atoms with Crippen LogP contribution in [0, 0.1) is 5.92 Å². The minimum atomic E-state index is 0.908. The highest BCUT2D eigenvalue weighted by atomic mass is 14.9. The van der Waals surface area contributed by atoms with Crippen molar-refractivity contribution in [2.75, 3.05) is 13.1 Å². The number of rotatable bonds is 3. The monoisotopic (exact) mass is 162 g/mol. The summed E-state index contributed by atoms with van der Waals surface area (Å²) in [4.78, 5) is 4.09. The molecule has 1 fully saturated rings. The van der Waals surface area contributed by atoms with Crippen LogP contribution in [0.4, 0.5) is 0 Å². The number of hydrogen-bond acceptors (Lipinski definition) is 2. The van der Waals surface area contributed by atoms with Crippen LogP contribution in [0.15, 0.2) is 24.5 Å². The smallest absolute Gasteiger partial charge is 0.0299 e. The van der Waals surface area contributed by atoms with Gasteiger partial charge in [0, 0.05) is 12.4 Å². The maximum atomic E-state index is 4.09. The fraction of sp³-hybridized carbons (Fsp3) is 0.500. The van der Waals surface area contributed by atoms with Gasteiger partial charge in [0.2, 0.25) is 0 Å². The van der Waals surface area contributed by atoms with Crippen LogP contribution in [0.25, 0.3) is 0 Å². The molecule has 0 radical (unpaired) electrons. The zero-order valence-electron chi connectivity index (χ0n) is 7.16. The second-order valence-corrected chi connectivity index (χ2v) is 3.42. The van der Waals surface area contributed by atoms with Crippen molar-refractivity contribution < 1.29 is 0 Å². The van der Waals surface area contributed by atoms with Gasteiger partial charge >= 0.3 is 0 Å². The molecule has 1 saturated heterocycles. The summed E-state index contributed by atoms with van der Waals surface area (Å²) in [5.41, 5.74) is 1.37. The third kappa shape index (κ3) is 1.83. The molecule has 0 bridgehead atoms. The van der Waals surface area contributed by atoms with E-state index in [4.69, 9.17) is 0 Å². The Morgan fingerprint density at radius 2 is 2.42 bits per heavy atom. The van der Waals surface area contributed by atoms with Crippen molar-refractivity contribution in [1.82, 2.24) is 10.3 Å². The van der Waals surface area contributed by atoms with Crippen LogP contribution >= 0.6 is 0 Å². The molecule has 0 unspecified atom stereocenters.